The number of esters is 1. The van der Waals surface area contributed by atoms with Crippen LogP contribution in [0.1, 0.15) is 20.3 Å². The molecule has 1 N–H and O–H groups in total. The lowest BCUT2D eigenvalue weighted by Gasteiger charge is -2.35. The number of nitrogens with one attached hydrogen (secondary N) is 1. The van der Waals surface area contributed by atoms with Crippen LogP contribution in [0.2, 0.25) is 0 Å². The van der Waals surface area contributed by atoms with Crippen molar-refractivity contribution in [1.82, 2.24) is 15.1 Å². The van der Waals surface area contributed by atoms with Gasteiger partial charge >= 0.3 is 5.97 Å². The van der Waals surface area contributed by atoms with Crippen molar-refractivity contribution in [3.05, 3.63) is 25.3 Å². The van der Waals surface area contributed by atoms with Gasteiger partial charge in [-0.25, -0.2) is 0 Å². The molecule has 0 aromatic carbocycles. The van der Waals surface area contributed by atoms with Crippen LogP contribution < -0.4 is 5.32 Å². The predicted octanol–water partition coefficient (Wildman–Crippen LogP) is 0.577. The van der Waals surface area contributed by atoms with E-state index in [9.17, 15) is 14.4 Å². The molecule has 0 saturated carbocycles. The molecule has 0 aromatic heterocycles. The van der Waals surface area contributed by atoms with Gasteiger partial charge in [-0.3, -0.25) is 19.3 Å². The minimum absolute atomic E-state index is 0.132. The molecule has 1 aliphatic rings. The average Bonchev–Trinajstić information content (AvgIpc) is 2.55. The van der Waals surface area contributed by atoms with Gasteiger partial charge in [0.15, 0.2) is 0 Å². The molecule has 7 heteroatoms. The Kier molecular flexibility index (Phi) is 8.91. The lowest BCUT2D eigenvalue weighted by Crippen LogP contribution is -2.59. The molecular formula is C18H29N3O4. The molecule has 0 radical (unpaired) electrons. The lowest BCUT2D eigenvalue weighted by atomic mass is 10.1. The molecular weight excluding hydrogens is 322 g/mol. The summed E-state index contributed by atoms with van der Waals surface area (Å²) in [5.41, 5.74) is 0. The van der Waals surface area contributed by atoms with E-state index < -0.39 is 12.0 Å². The van der Waals surface area contributed by atoms with Crippen molar-refractivity contribution in [1.29, 1.82) is 0 Å². The van der Waals surface area contributed by atoms with Crippen LogP contribution in [0.4, 0.5) is 0 Å². The molecule has 2 amide bonds. The highest BCUT2D eigenvalue weighted by atomic mass is 16.5. The molecule has 1 atom stereocenters. The van der Waals surface area contributed by atoms with E-state index in [4.69, 9.17) is 4.74 Å². The van der Waals surface area contributed by atoms with E-state index in [1.165, 1.54) is 4.90 Å². The van der Waals surface area contributed by atoms with Gasteiger partial charge in [0.1, 0.15) is 6.04 Å². The van der Waals surface area contributed by atoms with Gasteiger partial charge in [0.2, 0.25) is 11.8 Å². The first-order chi connectivity index (χ1) is 11.9. The Morgan fingerprint density at radius 3 is 2.56 bits per heavy atom. The van der Waals surface area contributed by atoms with E-state index in [0.29, 0.717) is 32.8 Å². The Morgan fingerprint density at radius 2 is 2.00 bits per heavy atom. The molecule has 1 heterocycles. The maximum Gasteiger partial charge on any atom is 0.308 e. The van der Waals surface area contributed by atoms with Crippen molar-refractivity contribution in [3.8, 4) is 0 Å². The summed E-state index contributed by atoms with van der Waals surface area (Å²) < 4.78 is 5.15. The van der Waals surface area contributed by atoms with E-state index in [1.54, 1.807) is 12.2 Å². The van der Waals surface area contributed by atoms with Crippen molar-refractivity contribution in [2.45, 2.75) is 26.3 Å². The summed E-state index contributed by atoms with van der Waals surface area (Å²) >= 11 is 0. The summed E-state index contributed by atoms with van der Waals surface area (Å²) in [6, 6.07) is -0.824. The van der Waals surface area contributed by atoms with E-state index in [-0.39, 0.29) is 30.7 Å². The van der Waals surface area contributed by atoms with Gasteiger partial charge in [0, 0.05) is 26.2 Å². The van der Waals surface area contributed by atoms with Gasteiger partial charge in [-0.1, -0.05) is 26.0 Å². The van der Waals surface area contributed by atoms with Gasteiger partial charge in [0.05, 0.1) is 19.6 Å². The second-order valence-electron chi connectivity index (χ2n) is 6.45. The number of rotatable bonds is 10. The number of carbonyl (C=O) groups is 3. The zero-order valence-electron chi connectivity index (χ0n) is 15.2. The van der Waals surface area contributed by atoms with Crippen LogP contribution in [-0.2, 0) is 19.1 Å². The van der Waals surface area contributed by atoms with Crippen molar-refractivity contribution >= 4 is 17.8 Å². The molecule has 7 nitrogen and oxygen atoms in total. The summed E-state index contributed by atoms with van der Waals surface area (Å²) in [5.74, 6) is -0.767. The maximum atomic E-state index is 12.6. The second-order valence-corrected chi connectivity index (χ2v) is 6.45. The third kappa shape index (κ3) is 7.09. The summed E-state index contributed by atoms with van der Waals surface area (Å²) in [6.45, 7) is 13.5. The zero-order chi connectivity index (χ0) is 18.8. The normalized spacial score (nSPS) is 17.4. The number of ether oxygens (including phenoxy) is 1. The zero-order valence-corrected chi connectivity index (χ0v) is 15.2. The molecule has 1 aliphatic heterocycles. The Balaban J connectivity index is 2.73. The molecule has 0 bridgehead atoms. The van der Waals surface area contributed by atoms with E-state index >= 15 is 0 Å². The molecule has 1 rings (SSSR count). The molecule has 1 unspecified atom stereocenters. The Morgan fingerprint density at radius 1 is 1.36 bits per heavy atom. The molecule has 25 heavy (non-hydrogen) atoms. The predicted molar refractivity (Wildman–Crippen MR) is 95.8 cm³/mol. The van der Waals surface area contributed by atoms with Gasteiger partial charge in [-0.05, 0) is 5.92 Å². The minimum atomic E-state index is -0.824. The number of hydrogen-bond acceptors (Lipinski definition) is 5. The topological polar surface area (TPSA) is 79.0 Å². The molecule has 0 aliphatic carbocycles. The van der Waals surface area contributed by atoms with Crippen LogP contribution in [0.3, 0.4) is 0 Å². The fourth-order valence-corrected chi connectivity index (χ4v) is 2.54. The highest BCUT2D eigenvalue weighted by Crippen LogP contribution is 2.12. The van der Waals surface area contributed by atoms with Crippen molar-refractivity contribution in [3.63, 3.8) is 0 Å². The Hall–Kier alpha value is -2.15. The number of nitrogens with zero attached hydrogens (tertiary/aromatic N) is 2. The third-order valence-corrected chi connectivity index (χ3v) is 3.72. The maximum absolute atomic E-state index is 12.6. The van der Waals surface area contributed by atoms with Gasteiger partial charge in [0.25, 0.3) is 0 Å². The summed E-state index contributed by atoms with van der Waals surface area (Å²) in [6.07, 6.45) is 3.29. The highest BCUT2D eigenvalue weighted by Gasteiger charge is 2.35. The van der Waals surface area contributed by atoms with Crippen molar-refractivity contribution < 1.29 is 19.1 Å². The number of amides is 2. The fraction of sp³-hybridized carbons (Fsp3) is 0.611. The standard InChI is InChI=1S/C18H29N3O4/c1-5-8-20(9-6-2)12-16(22)21-10-7-19-18(24)15(21)11-17(23)25-13-14(3)4/h5-6,14-15H,1-2,7-13H2,3-4H3,(H,19,24). The first-order valence-corrected chi connectivity index (χ1v) is 8.56. The number of hydrogen-bond donors (Lipinski definition) is 1. The summed E-state index contributed by atoms with van der Waals surface area (Å²) in [7, 11) is 0. The highest BCUT2D eigenvalue weighted by molar-refractivity contribution is 5.92. The van der Waals surface area contributed by atoms with Crippen LogP contribution in [-0.4, -0.2) is 73.0 Å². The first kappa shape index (κ1) is 20.9. The van der Waals surface area contributed by atoms with Crippen molar-refractivity contribution in [2.75, 3.05) is 39.3 Å². The van der Waals surface area contributed by atoms with Crippen LogP contribution in [0.15, 0.2) is 25.3 Å². The third-order valence-electron chi connectivity index (χ3n) is 3.72. The summed E-state index contributed by atoms with van der Waals surface area (Å²) in [5, 5.41) is 2.70. The largest absolute Gasteiger partial charge is 0.465 e. The fourth-order valence-electron chi connectivity index (χ4n) is 2.54. The van der Waals surface area contributed by atoms with Gasteiger partial charge in [-0.2, -0.15) is 0 Å². The first-order valence-electron chi connectivity index (χ1n) is 8.56. The van der Waals surface area contributed by atoms with Crippen LogP contribution in [0.5, 0.6) is 0 Å². The lowest BCUT2D eigenvalue weighted by molar-refractivity contribution is -0.152. The number of carbonyl (C=O) groups excluding carboxylic acids is 3. The monoisotopic (exact) mass is 351 g/mol. The van der Waals surface area contributed by atoms with Gasteiger partial charge in [-0.15, -0.1) is 13.2 Å². The van der Waals surface area contributed by atoms with Gasteiger partial charge < -0.3 is 15.0 Å². The molecule has 140 valence electrons. The molecule has 0 spiro atoms. The SMILES string of the molecule is C=CCN(CC=C)CC(=O)N1CCNC(=O)C1CC(=O)OCC(C)C. The van der Waals surface area contributed by atoms with Crippen LogP contribution >= 0.6 is 0 Å². The Bertz CT molecular complexity index is 495. The van der Waals surface area contributed by atoms with Crippen LogP contribution in [0, 0.1) is 5.92 Å². The molecule has 1 fully saturated rings. The molecule has 1 saturated heterocycles. The second kappa shape index (κ2) is 10.7. The Labute approximate surface area is 149 Å². The van der Waals surface area contributed by atoms with Crippen molar-refractivity contribution in [2.24, 2.45) is 5.92 Å². The van der Waals surface area contributed by atoms with Crippen LogP contribution in [0.25, 0.3) is 0 Å². The van der Waals surface area contributed by atoms with E-state index in [1.807, 2.05) is 18.7 Å². The minimum Gasteiger partial charge on any atom is -0.465 e. The number of piperazine rings is 1. The summed E-state index contributed by atoms with van der Waals surface area (Å²) in [4.78, 5) is 40.1. The smallest absolute Gasteiger partial charge is 0.308 e. The quantitative estimate of drug-likeness (QED) is 0.460. The average molecular weight is 351 g/mol. The van der Waals surface area contributed by atoms with E-state index in [0.717, 1.165) is 0 Å². The van der Waals surface area contributed by atoms with E-state index in [2.05, 4.69) is 18.5 Å². The molecule has 0 aromatic rings.